The third kappa shape index (κ3) is 3.80. The number of ether oxygens (including phenoxy) is 1. The van der Waals surface area contributed by atoms with E-state index in [9.17, 15) is 0 Å². The van der Waals surface area contributed by atoms with Crippen molar-refractivity contribution in [2.24, 2.45) is 4.99 Å². The van der Waals surface area contributed by atoms with Crippen LogP contribution in [-0.2, 0) is 4.74 Å². The molecule has 1 aromatic carbocycles. The average Bonchev–Trinajstić information content (AvgIpc) is 2.87. The van der Waals surface area contributed by atoms with E-state index in [2.05, 4.69) is 36.9 Å². The summed E-state index contributed by atoms with van der Waals surface area (Å²) in [6.07, 6.45) is 2.59. The fraction of sp³-hybridized carbons (Fsp3) is 0.562. The van der Waals surface area contributed by atoms with Crippen LogP contribution in [0.5, 0.6) is 0 Å². The molecule has 0 aromatic heterocycles. The van der Waals surface area contributed by atoms with Crippen molar-refractivity contribution in [1.29, 1.82) is 0 Å². The summed E-state index contributed by atoms with van der Waals surface area (Å²) in [4.78, 5) is 7.18. The van der Waals surface area contributed by atoms with Crippen LogP contribution >= 0.6 is 0 Å². The summed E-state index contributed by atoms with van der Waals surface area (Å²) in [5, 5.41) is 0. The van der Waals surface area contributed by atoms with Gasteiger partial charge in [-0.2, -0.15) is 0 Å². The van der Waals surface area contributed by atoms with E-state index in [1.807, 2.05) is 6.92 Å². The summed E-state index contributed by atoms with van der Waals surface area (Å²) in [7, 11) is 0. The number of benzene rings is 1. The van der Waals surface area contributed by atoms with Crippen LogP contribution in [0.4, 0.5) is 5.69 Å². The molecule has 1 fully saturated rings. The lowest BCUT2D eigenvalue weighted by Crippen LogP contribution is -2.28. The molecule has 0 radical (unpaired) electrons. The van der Waals surface area contributed by atoms with Gasteiger partial charge in [-0.25, -0.2) is 4.99 Å². The van der Waals surface area contributed by atoms with Gasteiger partial charge < -0.3 is 4.74 Å². The summed E-state index contributed by atoms with van der Waals surface area (Å²) >= 11 is 0. The first kappa shape index (κ1) is 14.1. The molecular formula is C16H24N2O. The lowest BCUT2D eigenvalue weighted by atomic mass is 10.1. The molecule has 1 saturated heterocycles. The Labute approximate surface area is 116 Å². The highest BCUT2D eigenvalue weighted by Crippen LogP contribution is 2.23. The number of nitrogens with zero attached hydrogens (tertiary/aromatic N) is 2. The van der Waals surface area contributed by atoms with Gasteiger partial charge in [-0.15, -0.1) is 0 Å². The van der Waals surface area contributed by atoms with Gasteiger partial charge in [0, 0.05) is 0 Å². The van der Waals surface area contributed by atoms with Crippen LogP contribution in [0.25, 0.3) is 0 Å². The number of aryl methyl sites for hydroxylation is 2. The summed E-state index contributed by atoms with van der Waals surface area (Å²) in [5.74, 6) is 0.849. The molecule has 1 heterocycles. The molecule has 0 spiro atoms. The van der Waals surface area contributed by atoms with Crippen molar-refractivity contribution in [2.75, 3.05) is 26.2 Å². The van der Waals surface area contributed by atoms with Crippen LogP contribution in [0.2, 0.25) is 0 Å². The third-order valence-corrected chi connectivity index (χ3v) is 3.54. The van der Waals surface area contributed by atoms with Crippen LogP contribution < -0.4 is 0 Å². The molecule has 0 amide bonds. The van der Waals surface area contributed by atoms with Crippen molar-refractivity contribution >= 4 is 11.6 Å². The third-order valence-electron chi connectivity index (χ3n) is 3.54. The second-order valence-electron chi connectivity index (χ2n) is 5.16. The Morgan fingerprint density at radius 1 is 1.21 bits per heavy atom. The second kappa shape index (κ2) is 6.71. The first-order valence-corrected chi connectivity index (χ1v) is 7.19. The number of para-hydroxylation sites is 1. The van der Waals surface area contributed by atoms with E-state index in [0.717, 1.165) is 18.1 Å². The highest BCUT2D eigenvalue weighted by Gasteiger charge is 2.15. The Morgan fingerprint density at radius 3 is 2.42 bits per heavy atom. The first-order chi connectivity index (χ1) is 9.20. The molecule has 2 rings (SSSR count). The van der Waals surface area contributed by atoms with Crippen molar-refractivity contribution in [3.63, 3.8) is 0 Å². The van der Waals surface area contributed by atoms with Gasteiger partial charge in [0.05, 0.1) is 18.8 Å². The molecule has 0 unspecified atom stereocenters. The first-order valence-electron chi connectivity index (χ1n) is 7.19. The SMILES string of the molecule is CCOC(CN1CCCC1)=Nc1c(C)cccc1C. The van der Waals surface area contributed by atoms with E-state index in [0.29, 0.717) is 6.61 Å². The molecule has 0 aliphatic carbocycles. The lowest BCUT2D eigenvalue weighted by Gasteiger charge is -2.17. The number of hydrogen-bond acceptors (Lipinski definition) is 3. The number of hydrogen-bond donors (Lipinski definition) is 0. The zero-order chi connectivity index (χ0) is 13.7. The predicted octanol–water partition coefficient (Wildman–Crippen LogP) is 3.47. The van der Waals surface area contributed by atoms with Crippen molar-refractivity contribution in [3.8, 4) is 0 Å². The molecule has 0 atom stereocenters. The van der Waals surface area contributed by atoms with Crippen molar-refractivity contribution in [1.82, 2.24) is 4.90 Å². The van der Waals surface area contributed by atoms with Gasteiger partial charge >= 0.3 is 0 Å². The van der Waals surface area contributed by atoms with Gasteiger partial charge in [-0.1, -0.05) is 18.2 Å². The van der Waals surface area contributed by atoms with Gasteiger partial charge in [0.1, 0.15) is 0 Å². The fourth-order valence-electron chi connectivity index (χ4n) is 2.52. The van der Waals surface area contributed by atoms with E-state index in [1.165, 1.54) is 37.1 Å². The normalized spacial score (nSPS) is 16.9. The highest BCUT2D eigenvalue weighted by atomic mass is 16.5. The second-order valence-corrected chi connectivity index (χ2v) is 5.16. The molecule has 104 valence electrons. The predicted molar refractivity (Wildman–Crippen MR) is 80.3 cm³/mol. The van der Waals surface area contributed by atoms with Crippen molar-refractivity contribution in [3.05, 3.63) is 29.3 Å². The monoisotopic (exact) mass is 260 g/mol. The Balaban J connectivity index is 2.19. The maximum atomic E-state index is 5.73. The van der Waals surface area contributed by atoms with Gasteiger partial charge in [0.15, 0.2) is 0 Å². The van der Waals surface area contributed by atoms with E-state index in [1.54, 1.807) is 0 Å². The largest absolute Gasteiger partial charge is 0.480 e. The Bertz CT molecular complexity index is 428. The Kier molecular flexibility index (Phi) is 4.97. The minimum absolute atomic E-state index is 0.678. The van der Waals surface area contributed by atoms with Gasteiger partial charge in [0.25, 0.3) is 0 Å². The number of aliphatic imine (C=N–C) groups is 1. The molecule has 0 saturated carbocycles. The van der Waals surface area contributed by atoms with Gasteiger partial charge in [-0.3, -0.25) is 4.90 Å². The minimum Gasteiger partial charge on any atom is -0.480 e. The zero-order valence-electron chi connectivity index (χ0n) is 12.3. The maximum absolute atomic E-state index is 5.73. The zero-order valence-corrected chi connectivity index (χ0v) is 12.3. The van der Waals surface area contributed by atoms with E-state index in [4.69, 9.17) is 9.73 Å². The standard InChI is InChI=1S/C16H24N2O/c1-4-19-15(12-18-10-5-6-11-18)17-16-13(2)8-7-9-14(16)3/h7-9H,4-6,10-12H2,1-3H3. The maximum Gasteiger partial charge on any atom is 0.203 e. The Morgan fingerprint density at radius 2 is 1.84 bits per heavy atom. The van der Waals surface area contributed by atoms with Gasteiger partial charge in [0.2, 0.25) is 5.90 Å². The molecule has 1 aromatic rings. The summed E-state index contributed by atoms with van der Waals surface area (Å²) in [5.41, 5.74) is 3.47. The summed E-state index contributed by atoms with van der Waals surface area (Å²) in [6, 6.07) is 6.28. The summed E-state index contributed by atoms with van der Waals surface area (Å²) in [6.45, 7) is 10.1. The fourth-order valence-corrected chi connectivity index (χ4v) is 2.52. The molecule has 19 heavy (non-hydrogen) atoms. The quantitative estimate of drug-likeness (QED) is 0.611. The summed E-state index contributed by atoms with van der Waals surface area (Å²) < 4.78 is 5.73. The average molecular weight is 260 g/mol. The number of likely N-dealkylation sites (tertiary alicyclic amines) is 1. The smallest absolute Gasteiger partial charge is 0.203 e. The van der Waals surface area contributed by atoms with Crippen LogP contribution in [0.3, 0.4) is 0 Å². The number of rotatable bonds is 4. The van der Waals surface area contributed by atoms with Crippen LogP contribution in [0, 0.1) is 13.8 Å². The molecule has 1 aliphatic heterocycles. The highest BCUT2D eigenvalue weighted by molar-refractivity contribution is 5.82. The van der Waals surface area contributed by atoms with E-state index in [-0.39, 0.29) is 0 Å². The van der Waals surface area contributed by atoms with Crippen molar-refractivity contribution in [2.45, 2.75) is 33.6 Å². The van der Waals surface area contributed by atoms with E-state index < -0.39 is 0 Å². The topological polar surface area (TPSA) is 24.8 Å². The Hall–Kier alpha value is -1.35. The molecular weight excluding hydrogens is 236 g/mol. The molecule has 0 bridgehead atoms. The molecule has 3 nitrogen and oxygen atoms in total. The van der Waals surface area contributed by atoms with E-state index >= 15 is 0 Å². The molecule has 3 heteroatoms. The van der Waals surface area contributed by atoms with Crippen LogP contribution in [0.15, 0.2) is 23.2 Å². The molecule has 0 N–H and O–H groups in total. The van der Waals surface area contributed by atoms with Crippen LogP contribution in [-0.4, -0.2) is 37.0 Å². The lowest BCUT2D eigenvalue weighted by molar-refractivity contribution is 0.287. The van der Waals surface area contributed by atoms with Crippen LogP contribution in [0.1, 0.15) is 30.9 Å². The van der Waals surface area contributed by atoms with Crippen molar-refractivity contribution < 1.29 is 4.74 Å². The minimum atomic E-state index is 0.678. The molecule has 1 aliphatic rings. The van der Waals surface area contributed by atoms with Gasteiger partial charge in [-0.05, 0) is 57.8 Å².